The number of amides is 2. The highest BCUT2D eigenvalue weighted by Crippen LogP contribution is 2.35. The van der Waals surface area contributed by atoms with E-state index in [1.54, 1.807) is 30.2 Å². The number of ether oxygens (including phenoxy) is 2. The topological polar surface area (TPSA) is 67.9 Å². The van der Waals surface area contributed by atoms with Crippen LogP contribution in [-0.4, -0.2) is 32.6 Å². The molecule has 2 aromatic rings. The summed E-state index contributed by atoms with van der Waals surface area (Å²) in [5.74, 6) is 0.259. The van der Waals surface area contributed by atoms with Crippen molar-refractivity contribution in [2.75, 3.05) is 31.0 Å². The van der Waals surface area contributed by atoms with E-state index in [1.165, 1.54) is 7.11 Å². The predicted octanol–water partition coefficient (Wildman–Crippen LogP) is 3.66. The molecule has 0 aromatic heterocycles. The van der Waals surface area contributed by atoms with E-state index in [0.717, 1.165) is 5.56 Å². The molecule has 0 saturated carbocycles. The van der Waals surface area contributed by atoms with Crippen molar-refractivity contribution < 1.29 is 19.1 Å². The van der Waals surface area contributed by atoms with Gasteiger partial charge in [-0.25, -0.2) is 0 Å². The molecule has 27 heavy (non-hydrogen) atoms. The number of nitrogens with one attached hydrogen (secondary N) is 1. The first-order chi connectivity index (χ1) is 12.9. The Labute approximate surface area is 163 Å². The van der Waals surface area contributed by atoms with Crippen LogP contribution in [0, 0.1) is 12.8 Å². The van der Waals surface area contributed by atoms with E-state index >= 15 is 0 Å². The van der Waals surface area contributed by atoms with Gasteiger partial charge in [0.25, 0.3) is 0 Å². The molecule has 0 bridgehead atoms. The first-order valence-electron chi connectivity index (χ1n) is 8.53. The fraction of sp³-hybridized carbons (Fsp3) is 0.300. The number of rotatable bonds is 5. The van der Waals surface area contributed by atoms with Crippen molar-refractivity contribution in [3.05, 3.63) is 47.0 Å². The minimum atomic E-state index is -0.469. The number of para-hydroxylation sites is 2. The number of carbonyl (C=O) groups excluding carboxylic acids is 2. The summed E-state index contributed by atoms with van der Waals surface area (Å²) in [6.45, 7) is 2.14. The van der Waals surface area contributed by atoms with Crippen LogP contribution in [0.4, 0.5) is 11.4 Å². The molecule has 1 N–H and O–H groups in total. The fourth-order valence-electron chi connectivity index (χ4n) is 3.13. The average molecular weight is 389 g/mol. The number of aryl methyl sites for hydroxylation is 1. The minimum Gasteiger partial charge on any atom is -0.495 e. The van der Waals surface area contributed by atoms with E-state index in [0.29, 0.717) is 34.4 Å². The lowest BCUT2D eigenvalue weighted by atomic mass is 10.1. The second-order valence-corrected chi connectivity index (χ2v) is 6.78. The summed E-state index contributed by atoms with van der Waals surface area (Å²) >= 11 is 6.11. The molecule has 142 valence electrons. The van der Waals surface area contributed by atoms with Crippen LogP contribution in [0.3, 0.4) is 0 Å². The molecule has 7 heteroatoms. The number of nitrogens with zero attached hydrogens (tertiary/aromatic N) is 1. The van der Waals surface area contributed by atoms with Crippen LogP contribution in [-0.2, 0) is 9.59 Å². The van der Waals surface area contributed by atoms with Crippen LogP contribution in [0.1, 0.15) is 12.0 Å². The van der Waals surface area contributed by atoms with Gasteiger partial charge in [0.15, 0.2) is 0 Å². The molecule has 1 aliphatic rings. The van der Waals surface area contributed by atoms with Gasteiger partial charge in [0.05, 0.1) is 31.5 Å². The van der Waals surface area contributed by atoms with E-state index in [4.69, 9.17) is 21.1 Å². The number of hydrogen-bond donors (Lipinski definition) is 1. The van der Waals surface area contributed by atoms with Crippen LogP contribution in [0.25, 0.3) is 0 Å². The molecule has 1 unspecified atom stereocenters. The summed E-state index contributed by atoms with van der Waals surface area (Å²) in [5, 5.41) is 3.42. The summed E-state index contributed by atoms with van der Waals surface area (Å²) in [4.78, 5) is 26.8. The van der Waals surface area contributed by atoms with Crippen molar-refractivity contribution in [2.45, 2.75) is 13.3 Å². The van der Waals surface area contributed by atoms with Crippen molar-refractivity contribution in [3.8, 4) is 11.5 Å². The lowest BCUT2D eigenvalue weighted by molar-refractivity contribution is -0.122. The van der Waals surface area contributed by atoms with Gasteiger partial charge in [-0.15, -0.1) is 0 Å². The van der Waals surface area contributed by atoms with Gasteiger partial charge in [-0.05, 0) is 30.7 Å². The Bertz CT molecular complexity index is 884. The Hall–Kier alpha value is -2.73. The van der Waals surface area contributed by atoms with Crippen molar-refractivity contribution >= 4 is 34.8 Å². The summed E-state index contributed by atoms with van der Waals surface area (Å²) in [6.07, 6.45) is 0.138. The summed E-state index contributed by atoms with van der Waals surface area (Å²) in [6, 6.07) is 10.7. The molecular formula is C20H21ClN2O4. The molecule has 0 spiro atoms. The Morgan fingerprint density at radius 2 is 1.89 bits per heavy atom. The van der Waals surface area contributed by atoms with E-state index in [9.17, 15) is 9.59 Å². The van der Waals surface area contributed by atoms with E-state index in [2.05, 4.69) is 5.32 Å². The lowest BCUT2D eigenvalue weighted by Crippen LogP contribution is -2.28. The number of anilines is 2. The summed E-state index contributed by atoms with van der Waals surface area (Å²) < 4.78 is 10.6. The van der Waals surface area contributed by atoms with Gasteiger partial charge in [0, 0.05) is 24.1 Å². The third-order valence-corrected chi connectivity index (χ3v) is 5.02. The fourth-order valence-corrected chi connectivity index (χ4v) is 3.29. The maximum Gasteiger partial charge on any atom is 0.229 e. The number of benzene rings is 2. The van der Waals surface area contributed by atoms with Crippen molar-refractivity contribution in [3.63, 3.8) is 0 Å². The highest BCUT2D eigenvalue weighted by atomic mass is 35.5. The zero-order valence-corrected chi connectivity index (χ0v) is 16.2. The molecule has 1 heterocycles. The van der Waals surface area contributed by atoms with Gasteiger partial charge in [0.1, 0.15) is 11.5 Å². The summed E-state index contributed by atoms with van der Waals surface area (Å²) in [5.41, 5.74) is 2.03. The third-order valence-electron chi connectivity index (χ3n) is 4.61. The largest absolute Gasteiger partial charge is 0.495 e. The molecule has 6 nitrogen and oxygen atoms in total. The minimum absolute atomic E-state index is 0.112. The molecule has 1 aliphatic heterocycles. The number of halogens is 1. The molecule has 0 radical (unpaired) electrons. The quantitative estimate of drug-likeness (QED) is 0.848. The zero-order chi connectivity index (χ0) is 19.6. The first kappa shape index (κ1) is 19.0. The smallest absolute Gasteiger partial charge is 0.229 e. The van der Waals surface area contributed by atoms with Gasteiger partial charge in [-0.1, -0.05) is 23.7 Å². The molecule has 1 atom stereocenters. The molecular weight excluding hydrogens is 368 g/mol. The van der Waals surface area contributed by atoms with Crippen LogP contribution < -0.4 is 19.7 Å². The molecule has 2 aromatic carbocycles. The second kappa shape index (κ2) is 7.88. The second-order valence-electron chi connectivity index (χ2n) is 6.37. The van der Waals surface area contributed by atoms with Gasteiger partial charge in [-0.3, -0.25) is 9.59 Å². The molecule has 0 aliphatic carbocycles. The van der Waals surface area contributed by atoms with Gasteiger partial charge in [0.2, 0.25) is 11.8 Å². The molecule has 1 saturated heterocycles. The number of carbonyl (C=O) groups is 2. The first-order valence-corrected chi connectivity index (χ1v) is 8.90. The molecule has 1 fully saturated rings. The summed E-state index contributed by atoms with van der Waals surface area (Å²) in [7, 11) is 3.07. The third kappa shape index (κ3) is 3.85. The highest BCUT2D eigenvalue weighted by Gasteiger charge is 2.36. The van der Waals surface area contributed by atoms with E-state index in [1.807, 2.05) is 25.1 Å². The monoisotopic (exact) mass is 388 g/mol. The Morgan fingerprint density at radius 1 is 1.19 bits per heavy atom. The Morgan fingerprint density at radius 3 is 2.59 bits per heavy atom. The SMILES string of the molecule is COc1cc(Cl)c(C)cc1NC(=O)C1CC(=O)N(c2ccccc2OC)C1. The van der Waals surface area contributed by atoms with Crippen molar-refractivity contribution in [2.24, 2.45) is 5.92 Å². The lowest BCUT2D eigenvalue weighted by Gasteiger charge is -2.19. The van der Waals surface area contributed by atoms with Crippen molar-refractivity contribution in [1.82, 2.24) is 0 Å². The normalized spacial score (nSPS) is 16.4. The van der Waals surface area contributed by atoms with Gasteiger partial charge < -0.3 is 19.7 Å². The van der Waals surface area contributed by atoms with Gasteiger partial charge in [-0.2, -0.15) is 0 Å². The Kier molecular flexibility index (Phi) is 5.56. The van der Waals surface area contributed by atoms with E-state index in [-0.39, 0.29) is 18.2 Å². The van der Waals surface area contributed by atoms with Gasteiger partial charge >= 0.3 is 0 Å². The maximum atomic E-state index is 12.7. The van der Waals surface area contributed by atoms with Crippen LogP contribution in [0.5, 0.6) is 11.5 Å². The standard InChI is InChI=1S/C20H21ClN2O4/c1-12-8-15(18(27-3)10-14(12)21)22-20(25)13-9-19(24)23(11-13)16-6-4-5-7-17(16)26-2/h4-8,10,13H,9,11H2,1-3H3,(H,22,25). The molecule has 2 amide bonds. The Balaban J connectivity index is 1.78. The average Bonchev–Trinajstić information content (AvgIpc) is 3.06. The van der Waals surface area contributed by atoms with Crippen LogP contribution in [0.15, 0.2) is 36.4 Å². The van der Waals surface area contributed by atoms with Crippen LogP contribution in [0.2, 0.25) is 5.02 Å². The van der Waals surface area contributed by atoms with Crippen LogP contribution >= 0.6 is 11.6 Å². The number of hydrogen-bond acceptors (Lipinski definition) is 4. The van der Waals surface area contributed by atoms with E-state index < -0.39 is 5.92 Å². The zero-order valence-electron chi connectivity index (χ0n) is 15.4. The molecule has 3 rings (SSSR count). The number of methoxy groups -OCH3 is 2. The highest BCUT2D eigenvalue weighted by molar-refractivity contribution is 6.31. The maximum absolute atomic E-state index is 12.7. The van der Waals surface area contributed by atoms with Crippen molar-refractivity contribution in [1.29, 1.82) is 0 Å². The predicted molar refractivity (Wildman–Crippen MR) is 105 cm³/mol.